The summed E-state index contributed by atoms with van der Waals surface area (Å²) < 4.78 is 11.5. The van der Waals surface area contributed by atoms with Crippen LogP contribution in [0, 0.1) is 0 Å². The van der Waals surface area contributed by atoms with Crippen LogP contribution in [0.2, 0.25) is 0 Å². The first-order valence-electron chi connectivity index (χ1n) is 14.9. The molecule has 1 atom stereocenters. The van der Waals surface area contributed by atoms with Crippen molar-refractivity contribution in [1.29, 1.82) is 0 Å². The lowest BCUT2D eigenvalue weighted by Crippen LogP contribution is -2.32. The molecule has 0 fully saturated rings. The van der Waals surface area contributed by atoms with Crippen LogP contribution in [0.5, 0.6) is 23.5 Å². The predicted molar refractivity (Wildman–Crippen MR) is 181 cm³/mol. The predicted octanol–water partition coefficient (Wildman–Crippen LogP) is 4.69. The van der Waals surface area contributed by atoms with Crippen LogP contribution in [0.1, 0.15) is 12.8 Å². The molecule has 20 nitrogen and oxygen atoms in total. The van der Waals surface area contributed by atoms with Gasteiger partial charge in [-0.15, -0.1) is 0 Å². The number of aliphatic carboxylic acids is 3. The molecule has 266 valence electrons. The van der Waals surface area contributed by atoms with Crippen LogP contribution in [0.15, 0.2) is 96.9 Å². The second-order valence-electron chi connectivity index (χ2n) is 10.3. The molecule has 0 aliphatic heterocycles. The van der Waals surface area contributed by atoms with E-state index in [0.717, 1.165) is 6.26 Å². The maximum Gasteiger partial charge on any atom is 0.328 e. The zero-order chi connectivity index (χ0) is 36.9. The minimum Gasteiger partial charge on any atom is -0.481 e. The Morgan fingerprint density at radius 3 is 1.58 bits per heavy atom. The summed E-state index contributed by atoms with van der Waals surface area (Å²) in [6, 6.07) is 21.8. The lowest BCUT2D eigenvalue weighted by Gasteiger charge is -2.14. The molecule has 52 heavy (non-hydrogen) atoms. The van der Waals surface area contributed by atoms with Gasteiger partial charge < -0.3 is 50.9 Å². The van der Waals surface area contributed by atoms with Gasteiger partial charge in [0.05, 0.1) is 18.5 Å². The number of para-hydroxylation sites is 2. The Hall–Kier alpha value is -7.61. The molecule has 8 N–H and O–H groups in total. The first kappa shape index (κ1) is 35.7. The van der Waals surface area contributed by atoms with Crippen molar-refractivity contribution in [2.45, 2.75) is 18.9 Å². The number of carbonyl (C=O) groups is 3. The Morgan fingerprint density at radius 2 is 1.12 bits per heavy atom. The fourth-order valence-corrected chi connectivity index (χ4v) is 4.14. The van der Waals surface area contributed by atoms with Crippen molar-refractivity contribution in [1.82, 2.24) is 29.9 Å². The Balaban J connectivity index is 1.37. The van der Waals surface area contributed by atoms with Gasteiger partial charge in [0.1, 0.15) is 23.8 Å². The number of nitrogens with zero attached hydrogens (tertiary/aromatic N) is 6. The van der Waals surface area contributed by atoms with E-state index < -0.39 is 36.8 Å². The highest BCUT2D eigenvalue weighted by molar-refractivity contribution is 5.83. The van der Waals surface area contributed by atoms with Gasteiger partial charge in [-0.25, -0.2) is 10.1 Å². The smallest absolute Gasteiger partial charge is 0.328 e. The van der Waals surface area contributed by atoms with Gasteiger partial charge in [0, 0.05) is 11.4 Å². The van der Waals surface area contributed by atoms with Crippen molar-refractivity contribution in [3.05, 3.63) is 96.9 Å². The van der Waals surface area contributed by atoms with Gasteiger partial charge >= 0.3 is 29.9 Å². The topological polar surface area (TPSA) is 285 Å². The van der Waals surface area contributed by atoms with E-state index in [2.05, 4.69) is 56.1 Å². The number of carboxylic acids is 3. The first-order chi connectivity index (χ1) is 25.1. The van der Waals surface area contributed by atoms with Gasteiger partial charge in [-0.2, -0.15) is 29.9 Å². The summed E-state index contributed by atoms with van der Waals surface area (Å²) in [5.74, 6) is -3.65. The summed E-state index contributed by atoms with van der Waals surface area (Å²) in [6.45, 7) is 0. The monoisotopic (exact) mass is 712 g/mol. The zero-order valence-electron chi connectivity index (χ0n) is 26.6. The minimum atomic E-state index is -1.55. The summed E-state index contributed by atoms with van der Waals surface area (Å²) in [6.07, 6.45) is -0.528. The van der Waals surface area contributed by atoms with Gasteiger partial charge in [-0.05, 0) is 48.5 Å². The fraction of sp³-hybridized carbons (Fsp3) is 0.0938. The molecule has 5 rings (SSSR count). The normalized spacial score (nSPS) is 11.4. The number of anilines is 6. The van der Waals surface area contributed by atoms with E-state index in [4.69, 9.17) is 19.8 Å². The Morgan fingerprint density at radius 1 is 0.635 bits per heavy atom. The third kappa shape index (κ3) is 11.0. The van der Waals surface area contributed by atoms with E-state index in [1.165, 1.54) is 0 Å². The lowest BCUT2D eigenvalue weighted by molar-refractivity contribution is -0.187. The second-order valence-corrected chi connectivity index (χ2v) is 10.3. The molecule has 2 aromatic heterocycles. The summed E-state index contributed by atoms with van der Waals surface area (Å²) in [7, 11) is 0. The van der Waals surface area contributed by atoms with Gasteiger partial charge in [0.25, 0.3) is 0 Å². The minimum absolute atomic E-state index is 0.00559. The number of hydrogen-bond donors (Lipinski definition) is 8. The van der Waals surface area contributed by atoms with Crippen molar-refractivity contribution in [2.24, 2.45) is 0 Å². The van der Waals surface area contributed by atoms with E-state index in [9.17, 15) is 24.6 Å². The van der Waals surface area contributed by atoms with Crippen molar-refractivity contribution >= 4 is 53.1 Å². The molecular weight excluding hydrogens is 684 g/mol. The number of rotatable bonds is 18. The van der Waals surface area contributed by atoms with Crippen LogP contribution in [-0.4, -0.2) is 74.4 Å². The van der Waals surface area contributed by atoms with E-state index >= 15 is 0 Å². The van der Waals surface area contributed by atoms with E-state index in [-0.39, 0.29) is 41.5 Å². The maximum absolute atomic E-state index is 11.7. The summed E-state index contributed by atoms with van der Waals surface area (Å²) in [5.41, 5.74) is 0.868. The van der Waals surface area contributed by atoms with Gasteiger partial charge in [0.15, 0.2) is 0 Å². The summed E-state index contributed by atoms with van der Waals surface area (Å²) >= 11 is 0. The molecule has 0 spiro atoms. The molecule has 0 aliphatic carbocycles. The SMILES string of the molecule is O=C(O)C/C(=C\OO)Nc1nc(Nc2ccc(Nc3nc(NC(CC(=O)O)C(=O)O)nc(Oc4ccccc4)n3)cc2)nc(Oc2ccccc2)n1. The number of ether oxygens (including phenoxy) is 2. The fourth-order valence-electron chi connectivity index (χ4n) is 4.14. The molecule has 0 radical (unpaired) electrons. The maximum atomic E-state index is 11.7. The van der Waals surface area contributed by atoms with Crippen LogP contribution < -0.4 is 30.7 Å². The van der Waals surface area contributed by atoms with Gasteiger partial charge in [-0.1, -0.05) is 36.4 Å². The molecule has 1 unspecified atom stereocenters. The van der Waals surface area contributed by atoms with Crippen molar-refractivity contribution in [3.63, 3.8) is 0 Å². The lowest BCUT2D eigenvalue weighted by atomic mass is 10.2. The highest BCUT2D eigenvalue weighted by atomic mass is 17.1. The molecule has 20 heteroatoms. The molecule has 0 saturated heterocycles. The van der Waals surface area contributed by atoms with E-state index in [1.54, 1.807) is 84.9 Å². The average molecular weight is 713 g/mol. The van der Waals surface area contributed by atoms with E-state index in [0.29, 0.717) is 22.9 Å². The first-order valence-corrected chi connectivity index (χ1v) is 14.9. The number of hydrogen-bond acceptors (Lipinski definition) is 17. The van der Waals surface area contributed by atoms with Crippen molar-refractivity contribution in [2.75, 3.05) is 21.3 Å². The van der Waals surface area contributed by atoms with E-state index in [1.807, 2.05) is 0 Å². The molecular formula is C32H28N10O10. The Bertz CT molecular complexity index is 2040. The second kappa shape index (κ2) is 17.2. The third-order valence-electron chi connectivity index (χ3n) is 6.32. The van der Waals surface area contributed by atoms with Crippen LogP contribution in [0.4, 0.5) is 35.2 Å². The largest absolute Gasteiger partial charge is 0.481 e. The number of carboxylic acid groups (broad SMARTS) is 3. The summed E-state index contributed by atoms with van der Waals surface area (Å²) in [4.78, 5) is 63.4. The standard InChI is InChI=1S/C32H28N10O10/c43-24(44)15-20(17-50-49)35-29-37-27(39-31(41-29)51-21-7-3-1-4-8-21)33-18-11-13-19(14-12-18)34-28-38-30(36-23(26(47)48)16-25(45)46)42-32(40-28)52-22-9-5-2-6-10-22/h1-14,17,23,49H,15-16H2,(H,43,44)(H,45,46)(H,47,48)(H2,33,35,37,39,41)(H2,34,36,38,40,42)/b20-17+. The zero-order valence-corrected chi connectivity index (χ0v) is 26.6. The molecule has 3 aromatic carbocycles. The third-order valence-corrected chi connectivity index (χ3v) is 6.32. The van der Waals surface area contributed by atoms with Gasteiger partial charge in [-0.3, -0.25) is 9.59 Å². The van der Waals surface area contributed by atoms with Crippen LogP contribution >= 0.6 is 0 Å². The number of aromatic nitrogens is 6. The molecule has 5 aromatic rings. The Kier molecular flexibility index (Phi) is 11.8. The Labute approximate surface area is 292 Å². The van der Waals surface area contributed by atoms with Crippen molar-refractivity contribution < 1.29 is 49.3 Å². The van der Waals surface area contributed by atoms with Crippen molar-refractivity contribution in [3.8, 4) is 23.5 Å². The van der Waals surface area contributed by atoms with Crippen LogP contribution in [0.25, 0.3) is 0 Å². The summed E-state index contributed by atoms with van der Waals surface area (Å²) in [5, 5.41) is 47.8. The molecule has 0 aliphatic rings. The van der Waals surface area contributed by atoms with Gasteiger partial charge in [0.2, 0.25) is 23.8 Å². The molecule has 2 heterocycles. The van der Waals surface area contributed by atoms with Crippen LogP contribution in [-0.2, 0) is 19.3 Å². The quantitative estimate of drug-likeness (QED) is 0.0347. The highest BCUT2D eigenvalue weighted by Gasteiger charge is 2.23. The van der Waals surface area contributed by atoms with Crippen LogP contribution in [0.3, 0.4) is 0 Å². The molecule has 0 amide bonds. The highest BCUT2D eigenvalue weighted by Crippen LogP contribution is 2.25. The number of nitrogens with one attached hydrogen (secondary N) is 4. The number of benzene rings is 3. The molecule has 0 bridgehead atoms. The average Bonchev–Trinajstić information content (AvgIpc) is 3.09. The molecule has 0 saturated carbocycles.